The molecule has 1 fully saturated rings. The van der Waals surface area contributed by atoms with Gasteiger partial charge in [-0.1, -0.05) is 6.07 Å². The van der Waals surface area contributed by atoms with Gasteiger partial charge in [-0.2, -0.15) is 0 Å². The zero-order valence-electron chi connectivity index (χ0n) is 10.7. The van der Waals surface area contributed by atoms with Crippen LogP contribution in [-0.4, -0.2) is 31.0 Å². The fraction of sp³-hybridized carbons (Fsp3) is 0.417. The summed E-state index contributed by atoms with van der Waals surface area (Å²) >= 11 is 0. The molecule has 0 aromatic heterocycles. The Hall–Kier alpha value is -1.54. The normalized spacial score (nSPS) is 21.3. The standard InChI is InChI=1S/C12H14F2N2O3S/c1-7(8-2-3-10(13)11(14)4-8)16-6-9(5-12(16)17)20(15,18)19/h2-4,7,9H,5-6H2,1H3,(H2,15,18,19). The van der Waals surface area contributed by atoms with Crippen molar-refractivity contribution >= 4 is 15.9 Å². The molecule has 110 valence electrons. The second kappa shape index (κ2) is 5.10. The predicted molar refractivity (Wildman–Crippen MR) is 68.0 cm³/mol. The van der Waals surface area contributed by atoms with Crippen molar-refractivity contribution in [2.45, 2.75) is 24.6 Å². The summed E-state index contributed by atoms with van der Waals surface area (Å²) in [5.41, 5.74) is 0.396. The monoisotopic (exact) mass is 304 g/mol. The van der Waals surface area contributed by atoms with Crippen LogP contribution in [0, 0.1) is 11.6 Å². The molecule has 1 aliphatic heterocycles. The maximum atomic E-state index is 13.2. The summed E-state index contributed by atoms with van der Waals surface area (Å²) < 4.78 is 48.6. The van der Waals surface area contributed by atoms with Gasteiger partial charge in [0.2, 0.25) is 15.9 Å². The molecule has 2 unspecified atom stereocenters. The summed E-state index contributed by atoms with van der Waals surface area (Å²) in [6.45, 7) is 1.58. The fourth-order valence-electron chi connectivity index (χ4n) is 2.24. The van der Waals surface area contributed by atoms with Gasteiger partial charge in [-0.3, -0.25) is 4.79 Å². The number of likely N-dealkylation sites (tertiary alicyclic amines) is 1. The first-order chi connectivity index (χ1) is 9.20. The van der Waals surface area contributed by atoms with Crippen LogP contribution < -0.4 is 5.14 Å². The van der Waals surface area contributed by atoms with Crippen molar-refractivity contribution in [3.8, 4) is 0 Å². The van der Waals surface area contributed by atoms with Gasteiger partial charge in [0, 0.05) is 13.0 Å². The van der Waals surface area contributed by atoms with Gasteiger partial charge in [-0.25, -0.2) is 22.3 Å². The second-order valence-electron chi connectivity index (χ2n) is 4.81. The highest BCUT2D eigenvalue weighted by Crippen LogP contribution is 2.28. The van der Waals surface area contributed by atoms with Gasteiger partial charge in [0.05, 0.1) is 6.04 Å². The number of benzene rings is 1. The third-order valence-corrected chi connectivity index (χ3v) is 4.73. The highest BCUT2D eigenvalue weighted by atomic mass is 32.2. The highest BCUT2D eigenvalue weighted by molar-refractivity contribution is 7.89. The Kier molecular flexibility index (Phi) is 3.79. The van der Waals surface area contributed by atoms with E-state index in [1.165, 1.54) is 11.0 Å². The largest absolute Gasteiger partial charge is 0.335 e. The van der Waals surface area contributed by atoms with Crippen LogP contribution in [0.5, 0.6) is 0 Å². The van der Waals surface area contributed by atoms with Crippen LogP contribution in [0.1, 0.15) is 24.9 Å². The molecule has 0 spiro atoms. The summed E-state index contributed by atoms with van der Waals surface area (Å²) in [6.07, 6.45) is -0.188. The van der Waals surface area contributed by atoms with E-state index in [4.69, 9.17) is 5.14 Å². The molecule has 0 aliphatic carbocycles. The first-order valence-electron chi connectivity index (χ1n) is 5.96. The number of halogens is 2. The van der Waals surface area contributed by atoms with Crippen molar-refractivity contribution in [2.75, 3.05) is 6.54 Å². The van der Waals surface area contributed by atoms with E-state index < -0.39 is 32.9 Å². The van der Waals surface area contributed by atoms with Crippen LogP contribution in [0.15, 0.2) is 18.2 Å². The van der Waals surface area contributed by atoms with Crippen molar-refractivity contribution in [3.63, 3.8) is 0 Å². The van der Waals surface area contributed by atoms with Gasteiger partial charge >= 0.3 is 0 Å². The first kappa shape index (κ1) is 14.9. The average Bonchev–Trinajstić information content (AvgIpc) is 2.74. The van der Waals surface area contributed by atoms with E-state index >= 15 is 0 Å². The van der Waals surface area contributed by atoms with Gasteiger partial charge in [-0.15, -0.1) is 0 Å². The number of amides is 1. The minimum atomic E-state index is -3.80. The molecule has 1 aromatic rings. The summed E-state index contributed by atoms with van der Waals surface area (Å²) in [6, 6.07) is 2.78. The van der Waals surface area contributed by atoms with E-state index in [1.807, 2.05) is 0 Å². The van der Waals surface area contributed by atoms with E-state index in [0.29, 0.717) is 5.56 Å². The Balaban J connectivity index is 2.23. The van der Waals surface area contributed by atoms with Crippen molar-refractivity contribution in [3.05, 3.63) is 35.4 Å². The van der Waals surface area contributed by atoms with Crippen LogP contribution >= 0.6 is 0 Å². The first-order valence-corrected chi connectivity index (χ1v) is 7.57. The Morgan fingerprint density at radius 2 is 2.00 bits per heavy atom. The SMILES string of the molecule is CC(c1ccc(F)c(F)c1)N1CC(S(N)(=O)=O)CC1=O. The van der Waals surface area contributed by atoms with Gasteiger partial charge in [0.1, 0.15) is 5.25 Å². The summed E-state index contributed by atoms with van der Waals surface area (Å²) in [4.78, 5) is 13.1. The topological polar surface area (TPSA) is 80.5 Å². The Labute approximate surface area is 115 Å². The molecule has 5 nitrogen and oxygen atoms in total. The molecule has 0 radical (unpaired) electrons. The second-order valence-corrected chi connectivity index (χ2v) is 6.66. The van der Waals surface area contributed by atoms with Crippen molar-refractivity contribution in [1.82, 2.24) is 4.90 Å². The lowest BCUT2D eigenvalue weighted by atomic mass is 10.1. The van der Waals surface area contributed by atoms with Gasteiger partial charge in [0.25, 0.3) is 0 Å². The predicted octanol–water partition coefficient (Wildman–Crippen LogP) is 0.915. The molecule has 2 N–H and O–H groups in total. The molecule has 1 aromatic carbocycles. The summed E-state index contributed by atoms with van der Waals surface area (Å²) in [7, 11) is -3.80. The van der Waals surface area contributed by atoms with Gasteiger partial charge in [0.15, 0.2) is 11.6 Å². The molecule has 1 saturated heterocycles. The molecule has 8 heteroatoms. The number of nitrogens with two attached hydrogens (primary N) is 1. The number of primary sulfonamides is 1. The van der Waals surface area contributed by atoms with Crippen LogP contribution in [0.4, 0.5) is 8.78 Å². The lowest BCUT2D eigenvalue weighted by molar-refractivity contribution is -0.129. The molecule has 1 amide bonds. The minimum absolute atomic E-state index is 0.0438. The lowest BCUT2D eigenvalue weighted by Crippen LogP contribution is -2.33. The molecule has 0 saturated carbocycles. The molecular formula is C12H14F2N2O3S. The van der Waals surface area contributed by atoms with Crippen LogP contribution in [0.3, 0.4) is 0 Å². The van der Waals surface area contributed by atoms with Gasteiger partial charge in [-0.05, 0) is 24.6 Å². The molecule has 2 atom stereocenters. The van der Waals surface area contributed by atoms with E-state index in [1.54, 1.807) is 6.92 Å². The number of nitrogens with zero attached hydrogens (tertiary/aromatic N) is 1. The summed E-state index contributed by atoms with van der Waals surface area (Å²) in [5, 5.41) is 4.08. The lowest BCUT2D eigenvalue weighted by Gasteiger charge is -2.25. The van der Waals surface area contributed by atoms with Crippen molar-refractivity contribution < 1.29 is 22.0 Å². The van der Waals surface area contributed by atoms with Gasteiger partial charge < -0.3 is 4.90 Å². The molecule has 2 rings (SSSR count). The Morgan fingerprint density at radius 3 is 2.50 bits per heavy atom. The highest BCUT2D eigenvalue weighted by Gasteiger charge is 2.38. The van der Waals surface area contributed by atoms with E-state index in [-0.39, 0.29) is 18.9 Å². The van der Waals surface area contributed by atoms with E-state index in [9.17, 15) is 22.0 Å². The number of hydrogen-bond donors (Lipinski definition) is 1. The van der Waals surface area contributed by atoms with Crippen molar-refractivity contribution in [1.29, 1.82) is 0 Å². The Bertz CT molecular complexity index is 648. The van der Waals surface area contributed by atoms with E-state index in [0.717, 1.165) is 12.1 Å². The molecule has 1 aliphatic rings. The fourth-order valence-corrected chi connectivity index (χ4v) is 2.99. The number of hydrogen-bond acceptors (Lipinski definition) is 3. The maximum Gasteiger partial charge on any atom is 0.224 e. The van der Waals surface area contributed by atoms with Crippen LogP contribution in [0.25, 0.3) is 0 Å². The maximum absolute atomic E-state index is 13.2. The van der Waals surface area contributed by atoms with E-state index in [2.05, 4.69) is 0 Å². The summed E-state index contributed by atoms with van der Waals surface area (Å²) in [5.74, 6) is -2.36. The number of carbonyl (C=O) groups excluding carboxylic acids is 1. The average molecular weight is 304 g/mol. The number of sulfonamides is 1. The third-order valence-electron chi connectivity index (χ3n) is 3.48. The van der Waals surface area contributed by atoms with Crippen LogP contribution in [-0.2, 0) is 14.8 Å². The molecule has 0 bridgehead atoms. The van der Waals surface area contributed by atoms with Crippen LogP contribution in [0.2, 0.25) is 0 Å². The smallest absolute Gasteiger partial charge is 0.224 e. The number of carbonyl (C=O) groups is 1. The molecule has 20 heavy (non-hydrogen) atoms. The zero-order chi connectivity index (χ0) is 15.1. The van der Waals surface area contributed by atoms with Crippen molar-refractivity contribution in [2.24, 2.45) is 5.14 Å². The number of rotatable bonds is 3. The molecular weight excluding hydrogens is 290 g/mol. The third kappa shape index (κ3) is 2.80. The Morgan fingerprint density at radius 1 is 1.35 bits per heavy atom. The quantitative estimate of drug-likeness (QED) is 0.901. The zero-order valence-corrected chi connectivity index (χ0v) is 11.5. The minimum Gasteiger partial charge on any atom is -0.335 e. The molecule has 1 heterocycles.